The van der Waals surface area contributed by atoms with Crippen LogP contribution in [0.4, 0.5) is 0 Å². The molecule has 2 saturated heterocycles. The van der Waals surface area contributed by atoms with E-state index in [4.69, 9.17) is 4.74 Å². The molecule has 0 atom stereocenters. The minimum Gasteiger partial charge on any atom is -0.484 e. The van der Waals surface area contributed by atoms with Crippen LogP contribution in [0.25, 0.3) is 0 Å². The Hall–Kier alpha value is -2.56. The van der Waals surface area contributed by atoms with Crippen molar-refractivity contribution in [3.63, 3.8) is 0 Å². The molecule has 6 nitrogen and oxygen atoms in total. The summed E-state index contributed by atoms with van der Waals surface area (Å²) in [5.41, 5.74) is 3.00. The lowest BCUT2D eigenvalue weighted by molar-refractivity contribution is -0.135. The highest BCUT2D eigenvalue weighted by molar-refractivity contribution is 7.98. The molecule has 2 fully saturated rings. The Balaban J connectivity index is 1.27. The van der Waals surface area contributed by atoms with Crippen LogP contribution in [0.3, 0.4) is 0 Å². The van der Waals surface area contributed by atoms with Gasteiger partial charge in [-0.25, -0.2) is 4.98 Å². The molecule has 168 valence electrons. The van der Waals surface area contributed by atoms with E-state index in [-0.39, 0.29) is 12.5 Å². The van der Waals surface area contributed by atoms with Gasteiger partial charge in [-0.2, -0.15) is 5.26 Å². The van der Waals surface area contributed by atoms with E-state index in [2.05, 4.69) is 16.0 Å². The smallest absolute Gasteiger partial charge is 0.260 e. The zero-order chi connectivity index (χ0) is 22.6. The molecular formula is C25H30N4O2S. The van der Waals surface area contributed by atoms with E-state index in [9.17, 15) is 10.1 Å². The number of para-hydroxylation sites is 1. The number of ether oxygens (including phenoxy) is 1. The largest absolute Gasteiger partial charge is 0.484 e. The van der Waals surface area contributed by atoms with Crippen molar-refractivity contribution in [3.05, 3.63) is 53.2 Å². The van der Waals surface area contributed by atoms with Crippen molar-refractivity contribution in [1.82, 2.24) is 14.8 Å². The Bertz CT molecular complexity index is 1010. The number of aryl methyl sites for hydroxylation is 1. The summed E-state index contributed by atoms with van der Waals surface area (Å²) in [5.74, 6) is 0.853. The van der Waals surface area contributed by atoms with Crippen LogP contribution in [0.2, 0.25) is 0 Å². The number of piperidine rings is 1. The molecule has 2 aromatic rings. The van der Waals surface area contributed by atoms with Crippen molar-refractivity contribution in [2.45, 2.75) is 37.8 Å². The van der Waals surface area contributed by atoms with Gasteiger partial charge in [0.2, 0.25) is 0 Å². The van der Waals surface area contributed by atoms with Gasteiger partial charge in [0.25, 0.3) is 5.91 Å². The predicted octanol–water partition coefficient (Wildman–Crippen LogP) is 3.88. The first kappa shape index (κ1) is 22.6. The van der Waals surface area contributed by atoms with E-state index < -0.39 is 0 Å². The summed E-state index contributed by atoms with van der Waals surface area (Å²) in [5, 5.41) is 10.0. The van der Waals surface area contributed by atoms with E-state index >= 15 is 0 Å². The van der Waals surface area contributed by atoms with E-state index in [1.807, 2.05) is 54.5 Å². The maximum atomic E-state index is 12.7. The third kappa shape index (κ3) is 5.08. The topological polar surface area (TPSA) is 69.5 Å². The number of hydrogen-bond acceptors (Lipinski definition) is 6. The third-order valence-corrected chi connectivity index (χ3v) is 7.45. The SMILES string of the molecule is CSc1nc(CN2CCC3(CCN(C(=O)COc4ccccc4C)CC3)C2)ccc1C#N. The number of likely N-dealkylation sites (tertiary alicyclic amines) is 2. The average Bonchev–Trinajstić information content (AvgIpc) is 3.20. The number of nitrogens with zero attached hydrogens (tertiary/aromatic N) is 4. The van der Waals surface area contributed by atoms with Crippen LogP contribution >= 0.6 is 11.8 Å². The summed E-state index contributed by atoms with van der Waals surface area (Å²) in [6.07, 6.45) is 5.20. The van der Waals surface area contributed by atoms with E-state index in [1.165, 1.54) is 18.2 Å². The molecule has 7 heteroatoms. The molecule has 0 N–H and O–H groups in total. The van der Waals surface area contributed by atoms with Crippen LogP contribution in [-0.4, -0.2) is 59.7 Å². The second-order valence-electron chi connectivity index (χ2n) is 8.87. The second kappa shape index (κ2) is 9.93. The molecule has 2 aliphatic rings. The van der Waals surface area contributed by atoms with Crippen molar-refractivity contribution < 1.29 is 9.53 Å². The van der Waals surface area contributed by atoms with Crippen LogP contribution in [0.1, 0.15) is 36.1 Å². The number of rotatable bonds is 6. The number of carbonyl (C=O) groups is 1. The molecular weight excluding hydrogens is 420 g/mol. The lowest BCUT2D eigenvalue weighted by atomic mass is 9.78. The van der Waals surface area contributed by atoms with E-state index in [1.54, 1.807) is 0 Å². The maximum Gasteiger partial charge on any atom is 0.260 e. The minimum absolute atomic E-state index is 0.0735. The Morgan fingerprint density at radius 3 is 2.66 bits per heavy atom. The highest BCUT2D eigenvalue weighted by Crippen LogP contribution is 2.40. The van der Waals surface area contributed by atoms with Crippen LogP contribution < -0.4 is 4.74 Å². The van der Waals surface area contributed by atoms with Gasteiger partial charge in [0.15, 0.2) is 6.61 Å². The van der Waals surface area contributed by atoms with Crippen LogP contribution in [0.5, 0.6) is 5.75 Å². The van der Waals surface area contributed by atoms with Gasteiger partial charge >= 0.3 is 0 Å². The van der Waals surface area contributed by atoms with E-state index in [0.29, 0.717) is 11.0 Å². The molecule has 0 saturated carbocycles. The first-order chi connectivity index (χ1) is 15.5. The summed E-state index contributed by atoms with van der Waals surface area (Å²) in [6.45, 7) is 6.61. The lowest BCUT2D eigenvalue weighted by Gasteiger charge is -2.39. The number of aromatic nitrogens is 1. The third-order valence-electron chi connectivity index (χ3n) is 6.76. The average molecular weight is 451 g/mol. The van der Waals surface area contributed by atoms with Crippen molar-refractivity contribution in [2.75, 3.05) is 39.0 Å². The van der Waals surface area contributed by atoms with Crippen molar-refractivity contribution in [3.8, 4) is 11.8 Å². The number of pyridine rings is 1. The van der Waals surface area contributed by atoms with Gasteiger partial charge < -0.3 is 9.64 Å². The van der Waals surface area contributed by atoms with Gasteiger partial charge in [-0.15, -0.1) is 11.8 Å². The molecule has 0 unspecified atom stereocenters. The molecule has 32 heavy (non-hydrogen) atoms. The molecule has 1 amide bonds. The zero-order valence-corrected chi connectivity index (χ0v) is 19.7. The Labute approximate surface area is 194 Å². The second-order valence-corrected chi connectivity index (χ2v) is 9.66. The van der Waals surface area contributed by atoms with Crippen molar-refractivity contribution in [2.24, 2.45) is 5.41 Å². The predicted molar refractivity (Wildman–Crippen MR) is 126 cm³/mol. The summed E-state index contributed by atoms with van der Waals surface area (Å²) in [4.78, 5) is 21.8. The Morgan fingerprint density at radius 2 is 1.94 bits per heavy atom. The molecule has 2 aliphatic heterocycles. The molecule has 1 aromatic carbocycles. The molecule has 4 rings (SSSR count). The molecule has 3 heterocycles. The molecule has 0 radical (unpaired) electrons. The van der Waals surface area contributed by atoms with Gasteiger partial charge in [-0.3, -0.25) is 9.69 Å². The summed E-state index contributed by atoms with van der Waals surface area (Å²) in [7, 11) is 0. The van der Waals surface area contributed by atoms with Crippen LogP contribution in [0, 0.1) is 23.7 Å². The fourth-order valence-corrected chi connectivity index (χ4v) is 5.33. The maximum absolute atomic E-state index is 12.7. The normalized spacial score (nSPS) is 18.0. The summed E-state index contributed by atoms with van der Waals surface area (Å²) < 4.78 is 5.76. The number of benzene rings is 1. The van der Waals surface area contributed by atoms with Gasteiger partial charge in [-0.05, 0) is 68.2 Å². The fraction of sp³-hybridized carbons (Fsp3) is 0.480. The molecule has 1 spiro atoms. The van der Waals surface area contributed by atoms with Crippen LogP contribution in [-0.2, 0) is 11.3 Å². The standard InChI is InChI=1S/C25H30N4O2S/c1-19-5-3-4-6-22(19)31-17-23(30)29-13-10-25(11-14-29)9-12-28(18-25)16-21-8-7-20(15-26)24(27-21)32-2/h3-8H,9-14,16-18H2,1-2H3. The molecule has 1 aromatic heterocycles. The number of amides is 1. The van der Waals surface area contributed by atoms with Gasteiger partial charge in [0, 0.05) is 26.2 Å². The summed E-state index contributed by atoms with van der Waals surface area (Å²) >= 11 is 1.52. The lowest BCUT2D eigenvalue weighted by Crippen LogP contribution is -2.45. The summed E-state index contributed by atoms with van der Waals surface area (Å²) in [6, 6.07) is 13.9. The highest BCUT2D eigenvalue weighted by atomic mass is 32.2. The van der Waals surface area contributed by atoms with Crippen molar-refractivity contribution >= 4 is 17.7 Å². The van der Waals surface area contributed by atoms with Gasteiger partial charge in [0.05, 0.1) is 11.3 Å². The fourth-order valence-electron chi connectivity index (χ4n) is 4.79. The quantitative estimate of drug-likeness (QED) is 0.622. The first-order valence-electron chi connectivity index (χ1n) is 11.1. The minimum atomic E-state index is 0.0735. The van der Waals surface area contributed by atoms with Crippen molar-refractivity contribution in [1.29, 1.82) is 5.26 Å². The Morgan fingerprint density at radius 1 is 1.19 bits per heavy atom. The monoisotopic (exact) mass is 450 g/mol. The van der Waals surface area contributed by atoms with E-state index in [0.717, 1.165) is 67.6 Å². The number of thioether (sulfide) groups is 1. The number of hydrogen-bond donors (Lipinski definition) is 0. The Kier molecular flexibility index (Phi) is 7.02. The number of nitriles is 1. The zero-order valence-electron chi connectivity index (χ0n) is 18.8. The first-order valence-corrected chi connectivity index (χ1v) is 12.4. The highest BCUT2D eigenvalue weighted by Gasteiger charge is 2.41. The number of carbonyl (C=O) groups excluding carboxylic acids is 1. The van der Waals surface area contributed by atoms with Gasteiger partial charge in [0.1, 0.15) is 16.8 Å². The molecule has 0 aliphatic carbocycles. The van der Waals surface area contributed by atoms with Gasteiger partial charge in [-0.1, -0.05) is 18.2 Å². The molecule has 0 bridgehead atoms. The van der Waals surface area contributed by atoms with Crippen LogP contribution in [0.15, 0.2) is 41.4 Å².